The van der Waals surface area contributed by atoms with Gasteiger partial charge in [-0.05, 0) is 43.3 Å². The van der Waals surface area contributed by atoms with Gasteiger partial charge >= 0.3 is 0 Å². The number of thiocarbonyl (C=S) groups is 1. The number of benzene rings is 1. The Bertz CT molecular complexity index is 407. The third-order valence-electron chi connectivity index (χ3n) is 3.01. The Hall–Kier alpha value is -0.800. The lowest BCUT2D eigenvalue weighted by Crippen LogP contribution is -2.29. The third-order valence-corrected chi connectivity index (χ3v) is 3.50. The lowest BCUT2D eigenvalue weighted by molar-refractivity contribution is 0.625. The van der Waals surface area contributed by atoms with Gasteiger partial charge in [0.1, 0.15) is 0 Å². The largest absolute Gasteiger partial charge is 0.362 e. The van der Waals surface area contributed by atoms with E-state index in [9.17, 15) is 0 Å². The molecule has 1 aromatic rings. The second-order valence-corrected chi connectivity index (χ2v) is 5.60. The summed E-state index contributed by atoms with van der Waals surface area (Å²) in [7, 11) is 0. The summed E-state index contributed by atoms with van der Waals surface area (Å²) >= 11 is 11.2. The van der Waals surface area contributed by atoms with Crippen molar-refractivity contribution in [3.8, 4) is 0 Å². The van der Waals surface area contributed by atoms with E-state index in [4.69, 9.17) is 23.8 Å². The van der Waals surface area contributed by atoms with Crippen LogP contribution >= 0.6 is 23.8 Å². The molecule has 0 saturated carbocycles. The van der Waals surface area contributed by atoms with Crippen molar-refractivity contribution in [1.82, 2.24) is 5.32 Å². The zero-order valence-corrected chi connectivity index (χ0v) is 13.3. The molecule has 0 unspecified atom stereocenters. The summed E-state index contributed by atoms with van der Waals surface area (Å²) in [4.78, 5) is 0. The summed E-state index contributed by atoms with van der Waals surface area (Å²) in [6.07, 6.45) is 6.34. The van der Waals surface area contributed by atoms with Crippen LogP contribution in [0.1, 0.15) is 44.6 Å². The minimum absolute atomic E-state index is 0.667. The van der Waals surface area contributed by atoms with E-state index < -0.39 is 0 Å². The Morgan fingerprint density at radius 2 is 1.95 bits per heavy atom. The van der Waals surface area contributed by atoms with Crippen LogP contribution < -0.4 is 10.6 Å². The molecular weight excluding hydrogens is 276 g/mol. The molecule has 0 fully saturated rings. The fourth-order valence-electron chi connectivity index (χ4n) is 1.83. The van der Waals surface area contributed by atoms with Crippen LogP contribution in [0.4, 0.5) is 5.69 Å². The van der Waals surface area contributed by atoms with Crippen molar-refractivity contribution >= 4 is 34.6 Å². The fraction of sp³-hybridized carbons (Fsp3) is 0.533. The van der Waals surface area contributed by atoms with Crippen LogP contribution in [0.15, 0.2) is 18.2 Å². The molecule has 1 aromatic carbocycles. The lowest BCUT2D eigenvalue weighted by atomic mass is 10.1. The molecule has 0 aliphatic rings. The number of unbranched alkanes of at least 4 members (excludes halogenated alkanes) is 4. The topological polar surface area (TPSA) is 24.1 Å². The van der Waals surface area contributed by atoms with Crippen molar-refractivity contribution in [3.63, 3.8) is 0 Å². The van der Waals surface area contributed by atoms with Crippen LogP contribution in [0.3, 0.4) is 0 Å². The normalized spacial score (nSPS) is 10.3. The van der Waals surface area contributed by atoms with E-state index in [2.05, 4.69) is 17.6 Å². The van der Waals surface area contributed by atoms with Gasteiger partial charge in [0.2, 0.25) is 0 Å². The van der Waals surface area contributed by atoms with Crippen LogP contribution in [-0.4, -0.2) is 11.7 Å². The zero-order valence-electron chi connectivity index (χ0n) is 11.8. The summed E-state index contributed by atoms with van der Waals surface area (Å²) in [5.41, 5.74) is 2.10. The predicted molar refractivity (Wildman–Crippen MR) is 89.2 cm³/mol. The molecule has 0 aliphatic carbocycles. The quantitative estimate of drug-likeness (QED) is 0.553. The number of nitrogens with one attached hydrogen (secondary N) is 2. The van der Waals surface area contributed by atoms with E-state index in [0.717, 1.165) is 29.2 Å². The maximum absolute atomic E-state index is 5.97. The number of anilines is 1. The molecule has 0 aliphatic heterocycles. The van der Waals surface area contributed by atoms with Crippen molar-refractivity contribution in [2.45, 2.75) is 46.0 Å². The lowest BCUT2D eigenvalue weighted by Gasteiger charge is -2.12. The minimum Gasteiger partial charge on any atom is -0.362 e. The third kappa shape index (κ3) is 6.79. The van der Waals surface area contributed by atoms with Crippen molar-refractivity contribution < 1.29 is 0 Å². The van der Waals surface area contributed by atoms with Gasteiger partial charge in [0.25, 0.3) is 0 Å². The summed E-state index contributed by atoms with van der Waals surface area (Å²) in [5.74, 6) is 0. The Morgan fingerprint density at radius 3 is 2.68 bits per heavy atom. The fourth-order valence-corrected chi connectivity index (χ4v) is 2.21. The van der Waals surface area contributed by atoms with Crippen LogP contribution in [0.25, 0.3) is 0 Å². The smallest absolute Gasteiger partial charge is 0.170 e. The van der Waals surface area contributed by atoms with Crippen LogP contribution in [0, 0.1) is 6.92 Å². The molecular formula is C15H23ClN2S. The number of rotatable bonds is 7. The van der Waals surface area contributed by atoms with E-state index in [-0.39, 0.29) is 0 Å². The van der Waals surface area contributed by atoms with Gasteiger partial charge in [0, 0.05) is 17.3 Å². The van der Waals surface area contributed by atoms with E-state index in [1.54, 1.807) is 0 Å². The van der Waals surface area contributed by atoms with Gasteiger partial charge in [-0.1, -0.05) is 50.3 Å². The Morgan fingerprint density at radius 1 is 1.21 bits per heavy atom. The average molecular weight is 299 g/mol. The standard InChI is InChI=1S/C15H23ClN2S/c1-3-4-5-6-7-10-17-15(19)18-14-11-13(16)9-8-12(14)2/h8-9,11H,3-7,10H2,1-2H3,(H2,17,18,19). The molecule has 2 nitrogen and oxygen atoms in total. The van der Waals surface area contributed by atoms with Gasteiger partial charge in [0.15, 0.2) is 5.11 Å². The first-order valence-electron chi connectivity index (χ1n) is 6.94. The SMILES string of the molecule is CCCCCCCNC(=S)Nc1cc(Cl)ccc1C. The van der Waals surface area contributed by atoms with Crippen molar-refractivity contribution in [2.24, 2.45) is 0 Å². The predicted octanol–water partition coefficient (Wildman–Crippen LogP) is 4.91. The van der Waals surface area contributed by atoms with Crippen molar-refractivity contribution in [3.05, 3.63) is 28.8 Å². The molecule has 2 N–H and O–H groups in total. The van der Waals surface area contributed by atoms with E-state index in [0.29, 0.717) is 5.11 Å². The maximum atomic E-state index is 5.97. The Labute approximate surface area is 126 Å². The first-order chi connectivity index (χ1) is 9.13. The highest BCUT2D eigenvalue weighted by molar-refractivity contribution is 7.80. The minimum atomic E-state index is 0.667. The highest BCUT2D eigenvalue weighted by Crippen LogP contribution is 2.19. The van der Waals surface area contributed by atoms with E-state index >= 15 is 0 Å². The molecule has 0 spiro atoms. The molecule has 0 atom stereocenters. The number of aryl methyl sites for hydroxylation is 1. The van der Waals surface area contributed by atoms with Crippen LogP contribution in [-0.2, 0) is 0 Å². The number of hydrogen-bond donors (Lipinski definition) is 2. The van der Waals surface area contributed by atoms with E-state index in [1.165, 1.54) is 25.7 Å². The summed E-state index contributed by atoms with van der Waals surface area (Å²) in [5, 5.41) is 7.81. The first-order valence-corrected chi connectivity index (χ1v) is 7.73. The van der Waals surface area contributed by atoms with Gasteiger partial charge in [-0.2, -0.15) is 0 Å². The van der Waals surface area contributed by atoms with Gasteiger partial charge < -0.3 is 10.6 Å². The molecule has 0 saturated heterocycles. The van der Waals surface area contributed by atoms with Gasteiger partial charge in [-0.3, -0.25) is 0 Å². The van der Waals surface area contributed by atoms with Crippen molar-refractivity contribution in [1.29, 1.82) is 0 Å². The second kappa shape index (κ2) is 9.16. The maximum Gasteiger partial charge on any atom is 0.170 e. The van der Waals surface area contributed by atoms with Gasteiger partial charge in [-0.25, -0.2) is 0 Å². The average Bonchev–Trinajstić information content (AvgIpc) is 2.38. The molecule has 0 amide bonds. The van der Waals surface area contributed by atoms with Gasteiger partial charge in [0.05, 0.1) is 0 Å². The van der Waals surface area contributed by atoms with Crippen LogP contribution in [0.2, 0.25) is 5.02 Å². The number of halogens is 1. The molecule has 0 aromatic heterocycles. The first kappa shape index (κ1) is 16.3. The Kier molecular flexibility index (Phi) is 7.84. The second-order valence-electron chi connectivity index (χ2n) is 4.75. The van der Waals surface area contributed by atoms with E-state index in [1.807, 2.05) is 25.1 Å². The van der Waals surface area contributed by atoms with Crippen LogP contribution in [0.5, 0.6) is 0 Å². The number of hydrogen-bond acceptors (Lipinski definition) is 1. The van der Waals surface area contributed by atoms with Gasteiger partial charge in [-0.15, -0.1) is 0 Å². The highest BCUT2D eigenvalue weighted by Gasteiger charge is 2.01. The van der Waals surface area contributed by atoms with Crippen molar-refractivity contribution in [2.75, 3.05) is 11.9 Å². The molecule has 1 rings (SSSR count). The molecule has 106 valence electrons. The summed E-state index contributed by atoms with van der Waals surface area (Å²) in [6, 6.07) is 5.76. The monoisotopic (exact) mass is 298 g/mol. The Balaban J connectivity index is 2.25. The molecule has 0 radical (unpaired) electrons. The summed E-state index contributed by atoms with van der Waals surface area (Å²) in [6.45, 7) is 5.19. The summed E-state index contributed by atoms with van der Waals surface area (Å²) < 4.78 is 0. The highest BCUT2D eigenvalue weighted by atomic mass is 35.5. The molecule has 0 bridgehead atoms. The molecule has 4 heteroatoms. The zero-order chi connectivity index (χ0) is 14.1. The molecule has 0 heterocycles. The molecule has 19 heavy (non-hydrogen) atoms.